The molecule has 180 valence electrons. The molecule has 5 aromatic rings. The van der Waals surface area contributed by atoms with Crippen LogP contribution in [-0.4, -0.2) is 58.2 Å². The van der Waals surface area contributed by atoms with Crippen LogP contribution in [0.1, 0.15) is 18.9 Å². The molecule has 1 saturated heterocycles. The summed E-state index contributed by atoms with van der Waals surface area (Å²) in [6.07, 6.45) is 7.83. The highest BCUT2D eigenvalue weighted by Gasteiger charge is 2.28. The van der Waals surface area contributed by atoms with E-state index >= 15 is 0 Å². The van der Waals surface area contributed by atoms with Gasteiger partial charge >= 0.3 is 0 Å². The van der Waals surface area contributed by atoms with Gasteiger partial charge < -0.3 is 15.4 Å². The Bertz CT molecular complexity index is 1590. The summed E-state index contributed by atoms with van der Waals surface area (Å²) in [5.74, 6) is 1.61. The molecule has 36 heavy (non-hydrogen) atoms. The number of hydrogen-bond donors (Lipinski definition) is 1. The zero-order valence-electron chi connectivity index (χ0n) is 19.4. The molecule has 0 bridgehead atoms. The van der Waals surface area contributed by atoms with Crippen molar-refractivity contribution in [2.75, 3.05) is 18.8 Å². The molecule has 4 aromatic heterocycles. The molecular formula is C25H23N9O2. The zero-order chi connectivity index (χ0) is 24.6. The number of likely N-dealkylation sites (tertiary alicyclic amines) is 1. The van der Waals surface area contributed by atoms with Crippen molar-refractivity contribution in [1.82, 2.24) is 39.2 Å². The summed E-state index contributed by atoms with van der Waals surface area (Å²) in [4.78, 5) is 26.9. The van der Waals surface area contributed by atoms with Gasteiger partial charge in [-0.1, -0.05) is 6.58 Å². The normalized spacial score (nSPS) is 15.9. The number of rotatable bonds is 5. The standard InChI is InChI=1S/C25H23N9O2/c1-2-21(35)32-10-3-4-17(13-32)34-25-22(24(26)28-14-29-25)23(31-34)16-5-7-18(8-6-16)36-19-9-11-33-20(12-19)27-15-30-33/h2,5-9,11-12,14-15,17H,1,3-4,10,13H2,(H2,26,28,29)/t17-/m1/s1. The van der Waals surface area contributed by atoms with E-state index in [0.717, 1.165) is 18.4 Å². The van der Waals surface area contributed by atoms with Crippen LogP contribution in [0, 0.1) is 0 Å². The first-order valence-electron chi connectivity index (χ1n) is 11.6. The molecule has 2 N–H and O–H groups in total. The lowest BCUT2D eigenvalue weighted by molar-refractivity contribution is -0.127. The van der Waals surface area contributed by atoms with Gasteiger partial charge in [-0.05, 0) is 49.2 Å². The van der Waals surface area contributed by atoms with Crippen molar-refractivity contribution in [2.24, 2.45) is 0 Å². The van der Waals surface area contributed by atoms with Crippen molar-refractivity contribution < 1.29 is 9.53 Å². The molecule has 6 rings (SSSR count). The summed E-state index contributed by atoms with van der Waals surface area (Å²) < 4.78 is 9.55. The number of nitrogens with zero attached hydrogens (tertiary/aromatic N) is 8. The molecule has 0 radical (unpaired) electrons. The first kappa shape index (κ1) is 21.7. The summed E-state index contributed by atoms with van der Waals surface area (Å²) >= 11 is 0. The van der Waals surface area contributed by atoms with Crippen molar-refractivity contribution in [3.8, 4) is 22.8 Å². The van der Waals surface area contributed by atoms with E-state index in [0.29, 0.717) is 52.8 Å². The third-order valence-electron chi connectivity index (χ3n) is 6.36. The van der Waals surface area contributed by atoms with Crippen molar-refractivity contribution in [3.05, 3.63) is 67.9 Å². The second-order valence-corrected chi connectivity index (χ2v) is 8.59. The number of pyridine rings is 1. The predicted molar refractivity (Wildman–Crippen MR) is 133 cm³/mol. The fourth-order valence-corrected chi connectivity index (χ4v) is 4.61. The van der Waals surface area contributed by atoms with Crippen LogP contribution in [-0.2, 0) is 4.79 Å². The summed E-state index contributed by atoms with van der Waals surface area (Å²) in [5.41, 5.74) is 9.18. The lowest BCUT2D eigenvalue weighted by Crippen LogP contribution is -2.40. The SMILES string of the molecule is C=CC(=O)N1CCC[C@@H](n2nc(-c3ccc(Oc4ccn5ncnc5c4)cc3)c3c(N)ncnc32)C1. The quantitative estimate of drug-likeness (QED) is 0.379. The van der Waals surface area contributed by atoms with Gasteiger partial charge in [-0.15, -0.1) is 0 Å². The highest BCUT2D eigenvalue weighted by atomic mass is 16.5. The van der Waals surface area contributed by atoms with Gasteiger partial charge in [0.15, 0.2) is 11.3 Å². The lowest BCUT2D eigenvalue weighted by Gasteiger charge is -2.32. The first-order valence-corrected chi connectivity index (χ1v) is 11.6. The number of nitrogens with two attached hydrogens (primary N) is 1. The molecule has 1 aromatic carbocycles. The van der Waals surface area contributed by atoms with E-state index in [-0.39, 0.29) is 11.9 Å². The minimum atomic E-state index is -0.0794. The third kappa shape index (κ3) is 3.80. The van der Waals surface area contributed by atoms with Gasteiger partial charge in [0.1, 0.15) is 35.7 Å². The highest BCUT2D eigenvalue weighted by Crippen LogP contribution is 2.35. The largest absolute Gasteiger partial charge is 0.457 e. The molecule has 1 aliphatic heterocycles. The van der Waals surface area contributed by atoms with Crippen LogP contribution in [0.15, 0.2) is 67.9 Å². The molecule has 1 fully saturated rings. The van der Waals surface area contributed by atoms with E-state index in [1.165, 1.54) is 18.7 Å². The van der Waals surface area contributed by atoms with Crippen molar-refractivity contribution in [1.29, 1.82) is 0 Å². The summed E-state index contributed by atoms with van der Waals surface area (Å²) in [7, 11) is 0. The Hall–Kier alpha value is -4.80. The van der Waals surface area contributed by atoms with Gasteiger partial charge in [0.25, 0.3) is 0 Å². The van der Waals surface area contributed by atoms with Crippen LogP contribution in [0.2, 0.25) is 0 Å². The smallest absolute Gasteiger partial charge is 0.246 e. The lowest BCUT2D eigenvalue weighted by atomic mass is 10.1. The van der Waals surface area contributed by atoms with Crippen LogP contribution in [0.3, 0.4) is 0 Å². The van der Waals surface area contributed by atoms with Crippen LogP contribution in [0.5, 0.6) is 11.5 Å². The van der Waals surface area contributed by atoms with Gasteiger partial charge in [0.2, 0.25) is 5.91 Å². The average molecular weight is 482 g/mol. The number of piperidine rings is 1. The molecule has 1 amide bonds. The molecule has 1 aliphatic rings. The molecule has 5 heterocycles. The Morgan fingerprint density at radius 2 is 1.97 bits per heavy atom. The van der Waals surface area contributed by atoms with Crippen molar-refractivity contribution in [3.63, 3.8) is 0 Å². The van der Waals surface area contributed by atoms with Crippen LogP contribution >= 0.6 is 0 Å². The number of hydrogen-bond acceptors (Lipinski definition) is 8. The fourth-order valence-electron chi connectivity index (χ4n) is 4.61. The van der Waals surface area contributed by atoms with E-state index in [9.17, 15) is 4.79 Å². The summed E-state index contributed by atoms with van der Waals surface area (Å²) in [6.45, 7) is 4.86. The maximum absolute atomic E-state index is 12.2. The number of amides is 1. The Labute approximate surface area is 205 Å². The van der Waals surface area contributed by atoms with E-state index in [1.807, 2.05) is 41.1 Å². The number of anilines is 1. The molecule has 0 saturated carbocycles. The van der Waals surface area contributed by atoms with Gasteiger partial charge in [0, 0.05) is 30.9 Å². The Morgan fingerprint density at radius 1 is 1.11 bits per heavy atom. The van der Waals surface area contributed by atoms with Gasteiger partial charge in [-0.3, -0.25) is 4.79 Å². The van der Waals surface area contributed by atoms with Crippen molar-refractivity contribution in [2.45, 2.75) is 18.9 Å². The number of ether oxygens (including phenoxy) is 1. The number of nitrogen functional groups attached to an aromatic ring is 1. The molecule has 1 atom stereocenters. The number of benzene rings is 1. The Morgan fingerprint density at radius 3 is 2.81 bits per heavy atom. The topological polar surface area (TPSA) is 129 Å². The molecule has 0 spiro atoms. The molecule has 11 heteroatoms. The number of fused-ring (bicyclic) bond motifs is 2. The Kier molecular flexibility index (Phi) is 5.29. The van der Waals surface area contributed by atoms with Crippen LogP contribution in [0.25, 0.3) is 27.9 Å². The molecular weight excluding hydrogens is 458 g/mol. The first-order chi connectivity index (χ1) is 17.6. The van der Waals surface area contributed by atoms with Crippen molar-refractivity contribution >= 4 is 28.4 Å². The molecule has 0 aliphatic carbocycles. The monoisotopic (exact) mass is 481 g/mol. The second-order valence-electron chi connectivity index (χ2n) is 8.59. The minimum absolute atomic E-state index is 0.0251. The number of carbonyl (C=O) groups is 1. The number of aromatic nitrogens is 7. The van der Waals surface area contributed by atoms with Gasteiger partial charge in [0.05, 0.1) is 11.4 Å². The zero-order valence-corrected chi connectivity index (χ0v) is 19.4. The fraction of sp³-hybridized carbons (Fsp3) is 0.200. The van der Waals surface area contributed by atoms with Crippen LogP contribution < -0.4 is 10.5 Å². The van der Waals surface area contributed by atoms with Crippen LogP contribution in [0.4, 0.5) is 5.82 Å². The average Bonchev–Trinajstić information content (AvgIpc) is 3.54. The van der Waals surface area contributed by atoms with E-state index in [1.54, 1.807) is 15.6 Å². The maximum atomic E-state index is 12.2. The summed E-state index contributed by atoms with van der Waals surface area (Å²) in [5, 5.41) is 9.70. The Balaban J connectivity index is 1.32. The highest BCUT2D eigenvalue weighted by molar-refractivity contribution is 5.98. The summed E-state index contributed by atoms with van der Waals surface area (Å²) in [6, 6.07) is 11.2. The molecule has 0 unspecified atom stereocenters. The van der Waals surface area contributed by atoms with Gasteiger partial charge in [-0.2, -0.15) is 10.2 Å². The maximum Gasteiger partial charge on any atom is 0.246 e. The minimum Gasteiger partial charge on any atom is -0.457 e. The van der Waals surface area contributed by atoms with E-state index in [2.05, 4.69) is 26.6 Å². The van der Waals surface area contributed by atoms with E-state index < -0.39 is 0 Å². The molecule has 11 nitrogen and oxygen atoms in total. The third-order valence-corrected chi connectivity index (χ3v) is 6.36. The second kappa shape index (κ2) is 8.77. The van der Waals surface area contributed by atoms with Gasteiger partial charge in [-0.25, -0.2) is 24.1 Å². The van der Waals surface area contributed by atoms with E-state index in [4.69, 9.17) is 15.6 Å². The number of carbonyl (C=O) groups excluding carboxylic acids is 1. The predicted octanol–water partition coefficient (Wildman–Crippen LogP) is 3.26.